The molecule has 2 aromatic rings. The molecular weight excluding hydrogens is 348 g/mol. The fourth-order valence-corrected chi connectivity index (χ4v) is 2.80. The van der Waals surface area contributed by atoms with Gasteiger partial charge < -0.3 is 24.8 Å². The van der Waals surface area contributed by atoms with Crippen molar-refractivity contribution in [3.63, 3.8) is 0 Å². The molecule has 0 atom stereocenters. The van der Waals surface area contributed by atoms with Gasteiger partial charge in [-0.25, -0.2) is 4.79 Å². The Hall–Kier alpha value is -3.06. The van der Waals surface area contributed by atoms with Gasteiger partial charge in [-0.2, -0.15) is 0 Å². The van der Waals surface area contributed by atoms with Crippen LogP contribution in [0.4, 0.5) is 11.4 Å². The Balaban J connectivity index is 1.51. The van der Waals surface area contributed by atoms with E-state index in [9.17, 15) is 14.7 Å². The van der Waals surface area contributed by atoms with Gasteiger partial charge in [-0.1, -0.05) is 11.6 Å². The van der Waals surface area contributed by atoms with Crippen LogP contribution < -0.4 is 10.2 Å². The van der Waals surface area contributed by atoms with E-state index in [1.165, 1.54) is 12.1 Å². The van der Waals surface area contributed by atoms with E-state index in [1.54, 1.807) is 25.1 Å². The number of ether oxygens (including phenoxy) is 2. The number of anilines is 2. The summed E-state index contributed by atoms with van der Waals surface area (Å²) in [7, 11) is 0. The molecule has 2 aromatic carbocycles. The monoisotopic (exact) mass is 370 g/mol. The lowest BCUT2D eigenvalue weighted by Crippen LogP contribution is -2.36. The normalized spacial score (nSPS) is 13.9. The Labute approximate surface area is 157 Å². The van der Waals surface area contributed by atoms with Crippen molar-refractivity contribution < 1.29 is 24.2 Å². The van der Waals surface area contributed by atoms with Gasteiger partial charge in [0.1, 0.15) is 11.3 Å². The molecule has 0 aliphatic carbocycles. The second-order valence-electron chi connectivity index (χ2n) is 6.29. The Morgan fingerprint density at radius 2 is 1.85 bits per heavy atom. The quantitative estimate of drug-likeness (QED) is 0.786. The van der Waals surface area contributed by atoms with Crippen LogP contribution in [-0.4, -0.2) is 49.9 Å². The van der Waals surface area contributed by atoms with Gasteiger partial charge in [0.15, 0.2) is 6.61 Å². The first kappa shape index (κ1) is 18.7. The number of aromatic hydroxyl groups is 1. The van der Waals surface area contributed by atoms with Crippen molar-refractivity contribution in [1.29, 1.82) is 0 Å². The number of phenolic OH excluding ortho intramolecular Hbond substituents is 1. The van der Waals surface area contributed by atoms with Gasteiger partial charge in [0.25, 0.3) is 5.91 Å². The van der Waals surface area contributed by atoms with Crippen molar-refractivity contribution in [1.82, 2.24) is 0 Å². The van der Waals surface area contributed by atoms with Crippen LogP contribution >= 0.6 is 0 Å². The molecule has 1 aliphatic heterocycles. The van der Waals surface area contributed by atoms with Crippen LogP contribution in [0, 0.1) is 6.92 Å². The van der Waals surface area contributed by atoms with Crippen LogP contribution in [0.25, 0.3) is 0 Å². The molecule has 1 saturated heterocycles. The molecular formula is C20H22N2O5. The highest BCUT2D eigenvalue weighted by atomic mass is 16.5. The molecule has 27 heavy (non-hydrogen) atoms. The molecule has 1 fully saturated rings. The number of benzene rings is 2. The number of rotatable bonds is 5. The standard InChI is InChI=1S/C20H22N2O5/c1-14-2-7-18(23)17(12-14)20(25)27-13-19(24)21-15-3-5-16(6-4-15)22-8-10-26-11-9-22/h2-7,12,23H,8-11,13H2,1H3,(H,21,24). The molecule has 0 spiro atoms. The van der Waals surface area contributed by atoms with E-state index in [4.69, 9.17) is 9.47 Å². The van der Waals surface area contributed by atoms with Gasteiger partial charge in [0, 0.05) is 24.5 Å². The third-order valence-electron chi connectivity index (χ3n) is 4.23. The van der Waals surface area contributed by atoms with E-state index < -0.39 is 18.5 Å². The largest absolute Gasteiger partial charge is 0.507 e. The summed E-state index contributed by atoms with van der Waals surface area (Å²) in [6, 6.07) is 12.1. The molecule has 142 valence electrons. The van der Waals surface area contributed by atoms with Crippen LogP contribution in [0.15, 0.2) is 42.5 Å². The Kier molecular flexibility index (Phi) is 5.93. The molecule has 7 nitrogen and oxygen atoms in total. The molecule has 1 amide bonds. The number of amides is 1. The lowest BCUT2D eigenvalue weighted by molar-refractivity contribution is -0.119. The maximum Gasteiger partial charge on any atom is 0.342 e. The van der Waals surface area contributed by atoms with Crippen LogP contribution in [0.2, 0.25) is 0 Å². The second kappa shape index (κ2) is 8.55. The van der Waals surface area contributed by atoms with E-state index in [2.05, 4.69) is 10.2 Å². The molecule has 2 N–H and O–H groups in total. The van der Waals surface area contributed by atoms with Crippen molar-refractivity contribution in [2.75, 3.05) is 43.1 Å². The van der Waals surface area contributed by atoms with Crippen LogP contribution in [0.3, 0.4) is 0 Å². The van der Waals surface area contributed by atoms with E-state index in [1.807, 2.05) is 12.1 Å². The first-order valence-electron chi connectivity index (χ1n) is 8.72. The predicted molar refractivity (Wildman–Crippen MR) is 101 cm³/mol. The third-order valence-corrected chi connectivity index (χ3v) is 4.23. The van der Waals surface area contributed by atoms with Crippen molar-refractivity contribution in [2.24, 2.45) is 0 Å². The summed E-state index contributed by atoms with van der Waals surface area (Å²) in [6.07, 6.45) is 0. The van der Waals surface area contributed by atoms with E-state index in [-0.39, 0.29) is 11.3 Å². The number of nitrogens with zero attached hydrogens (tertiary/aromatic N) is 1. The summed E-state index contributed by atoms with van der Waals surface area (Å²) in [5.41, 5.74) is 2.53. The number of hydrogen-bond acceptors (Lipinski definition) is 6. The summed E-state index contributed by atoms with van der Waals surface area (Å²) in [6.45, 7) is 4.46. The summed E-state index contributed by atoms with van der Waals surface area (Å²) in [4.78, 5) is 26.2. The fraction of sp³-hybridized carbons (Fsp3) is 0.300. The maximum atomic E-state index is 12.0. The molecule has 0 unspecified atom stereocenters. The number of esters is 1. The van der Waals surface area contributed by atoms with Crippen LogP contribution in [0.1, 0.15) is 15.9 Å². The van der Waals surface area contributed by atoms with E-state index in [0.717, 1.165) is 24.3 Å². The highest BCUT2D eigenvalue weighted by Gasteiger charge is 2.15. The summed E-state index contributed by atoms with van der Waals surface area (Å²) >= 11 is 0. The molecule has 3 rings (SSSR count). The maximum absolute atomic E-state index is 12.0. The summed E-state index contributed by atoms with van der Waals surface area (Å²) in [5.74, 6) is -1.37. The van der Waals surface area contributed by atoms with Crippen LogP contribution in [0.5, 0.6) is 5.75 Å². The smallest absolute Gasteiger partial charge is 0.342 e. The van der Waals surface area contributed by atoms with E-state index >= 15 is 0 Å². The molecule has 0 bridgehead atoms. The highest BCUT2D eigenvalue weighted by Crippen LogP contribution is 2.20. The van der Waals surface area contributed by atoms with Gasteiger partial charge in [-0.05, 0) is 43.3 Å². The lowest BCUT2D eigenvalue weighted by atomic mass is 10.1. The van der Waals surface area contributed by atoms with Gasteiger partial charge in [-0.3, -0.25) is 4.79 Å². The average molecular weight is 370 g/mol. The number of aryl methyl sites for hydroxylation is 1. The number of carbonyl (C=O) groups excluding carboxylic acids is 2. The minimum Gasteiger partial charge on any atom is -0.507 e. The highest BCUT2D eigenvalue weighted by molar-refractivity contribution is 5.96. The Bertz CT molecular complexity index is 814. The molecule has 0 aromatic heterocycles. The van der Waals surface area contributed by atoms with Crippen molar-refractivity contribution >= 4 is 23.3 Å². The fourth-order valence-electron chi connectivity index (χ4n) is 2.80. The van der Waals surface area contributed by atoms with Gasteiger partial charge in [-0.15, -0.1) is 0 Å². The predicted octanol–water partition coefficient (Wildman–Crippen LogP) is 2.33. The van der Waals surface area contributed by atoms with Crippen molar-refractivity contribution in [2.45, 2.75) is 6.92 Å². The molecule has 1 heterocycles. The first-order chi connectivity index (χ1) is 13.0. The molecule has 0 saturated carbocycles. The van der Waals surface area contributed by atoms with Crippen LogP contribution in [-0.2, 0) is 14.3 Å². The molecule has 7 heteroatoms. The topological polar surface area (TPSA) is 88.1 Å². The SMILES string of the molecule is Cc1ccc(O)c(C(=O)OCC(=O)Nc2ccc(N3CCOCC3)cc2)c1. The van der Waals surface area contributed by atoms with Crippen molar-refractivity contribution in [3.8, 4) is 5.75 Å². The zero-order valence-corrected chi connectivity index (χ0v) is 15.1. The second-order valence-corrected chi connectivity index (χ2v) is 6.29. The van der Waals surface area contributed by atoms with Gasteiger partial charge in [0.2, 0.25) is 0 Å². The summed E-state index contributed by atoms with van der Waals surface area (Å²) in [5, 5.41) is 12.4. The number of morpholine rings is 1. The Morgan fingerprint density at radius 1 is 1.15 bits per heavy atom. The summed E-state index contributed by atoms with van der Waals surface area (Å²) < 4.78 is 10.3. The number of carbonyl (C=O) groups is 2. The molecule has 1 aliphatic rings. The number of phenols is 1. The first-order valence-corrected chi connectivity index (χ1v) is 8.72. The zero-order valence-electron chi connectivity index (χ0n) is 15.1. The third kappa shape index (κ3) is 4.98. The minimum atomic E-state index is -0.742. The van der Waals surface area contributed by atoms with Gasteiger partial charge >= 0.3 is 5.97 Å². The van der Waals surface area contributed by atoms with Gasteiger partial charge in [0.05, 0.1) is 13.2 Å². The van der Waals surface area contributed by atoms with Crippen molar-refractivity contribution in [3.05, 3.63) is 53.6 Å². The van der Waals surface area contributed by atoms with E-state index in [0.29, 0.717) is 18.9 Å². The minimum absolute atomic E-state index is 0.0395. The Morgan fingerprint density at radius 3 is 2.56 bits per heavy atom. The number of hydrogen-bond donors (Lipinski definition) is 2. The number of nitrogens with one attached hydrogen (secondary N) is 1. The zero-order chi connectivity index (χ0) is 19.2. The molecule has 0 radical (unpaired) electrons. The average Bonchev–Trinajstić information content (AvgIpc) is 2.69. The lowest BCUT2D eigenvalue weighted by Gasteiger charge is -2.28.